The number of carbonyl (C=O) groups excluding carboxylic acids is 2. The molecule has 1 N–H and O–H groups in total. The summed E-state index contributed by atoms with van der Waals surface area (Å²) in [5.74, 6) is -0.668. The van der Waals surface area contributed by atoms with Crippen LogP contribution in [0.2, 0.25) is 15.1 Å². The van der Waals surface area contributed by atoms with Crippen molar-refractivity contribution < 1.29 is 22.7 Å². The number of hydrogen-bond acceptors (Lipinski definition) is 5. The molecule has 0 heterocycles. The number of sulfonamides is 1. The molecule has 0 radical (unpaired) electrons. The van der Waals surface area contributed by atoms with Gasteiger partial charge in [-0.05, 0) is 68.3 Å². The molecule has 1 atom stereocenters. The predicted molar refractivity (Wildman–Crippen MR) is 163 cm³/mol. The summed E-state index contributed by atoms with van der Waals surface area (Å²) in [6, 6.07) is 14.6. The molecule has 0 aliphatic heterocycles. The monoisotopic (exact) mass is 639 g/mol. The molecule has 3 aromatic rings. The second-order valence-corrected chi connectivity index (χ2v) is 12.5. The summed E-state index contributed by atoms with van der Waals surface area (Å²) >= 11 is 18.8. The molecule has 220 valence electrons. The van der Waals surface area contributed by atoms with Crippen molar-refractivity contribution in [3.8, 4) is 5.75 Å². The summed E-state index contributed by atoms with van der Waals surface area (Å²) in [6.45, 7) is 5.08. The molecule has 0 saturated carbocycles. The third-order valence-electron chi connectivity index (χ3n) is 6.38. The molecule has 2 amide bonds. The van der Waals surface area contributed by atoms with Gasteiger partial charge in [-0.2, -0.15) is 0 Å². The fourth-order valence-electron chi connectivity index (χ4n) is 3.99. The number of nitrogens with one attached hydrogen (secondary N) is 1. The minimum absolute atomic E-state index is 0.0103. The highest BCUT2D eigenvalue weighted by Gasteiger charge is 2.33. The van der Waals surface area contributed by atoms with Crippen molar-refractivity contribution in [2.45, 2.75) is 44.7 Å². The Balaban J connectivity index is 2.08. The van der Waals surface area contributed by atoms with Crippen molar-refractivity contribution in [3.63, 3.8) is 0 Å². The third kappa shape index (κ3) is 8.07. The van der Waals surface area contributed by atoms with Crippen molar-refractivity contribution in [1.29, 1.82) is 0 Å². The highest BCUT2D eigenvalue weighted by Crippen LogP contribution is 2.32. The maximum Gasteiger partial charge on any atom is 0.264 e. The molecule has 12 heteroatoms. The summed E-state index contributed by atoms with van der Waals surface area (Å²) in [5, 5.41) is 3.68. The standard InChI is InChI=1S/C29H32Cl3N3O5S/c1-5-14-33-29(37)20(3)34(17-21-8-9-22(30)15-25(21)31)28(36)18-35(23-10-13-27(40-4)26(32)16-23)41(38,39)24-11-6-19(2)7-12-24/h6-13,15-16,20H,5,14,17-18H2,1-4H3,(H,33,37)/t20-/m0/s1. The SMILES string of the molecule is CCCNC(=O)[C@H](C)N(Cc1ccc(Cl)cc1Cl)C(=O)CN(c1ccc(OC)c(Cl)c1)S(=O)(=O)c1ccc(C)cc1. The fourth-order valence-corrected chi connectivity index (χ4v) is 6.11. The lowest BCUT2D eigenvalue weighted by Crippen LogP contribution is -2.51. The number of amides is 2. The Hall–Kier alpha value is -2.98. The van der Waals surface area contributed by atoms with Gasteiger partial charge in [-0.1, -0.05) is 65.5 Å². The van der Waals surface area contributed by atoms with Gasteiger partial charge in [-0.3, -0.25) is 13.9 Å². The van der Waals surface area contributed by atoms with Gasteiger partial charge in [0, 0.05) is 23.1 Å². The summed E-state index contributed by atoms with van der Waals surface area (Å²) in [5.41, 5.74) is 1.56. The maximum atomic E-state index is 14.0. The van der Waals surface area contributed by atoms with E-state index in [0.717, 1.165) is 9.87 Å². The summed E-state index contributed by atoms with van der Waals surface area (Å²) < 4.78 is 34.0. The zero-order valence-electron chi connectivity index (χ0n) is 23.2. The average molecular weight is 641 g/mol. The molecule has 0 saturated heterocycles. The van der Waals surface area contributed by atoms with Crippen molar-refractivity contribution in [2.24, 2.45) is 0 Å². The van der Waals surface area contributed by atoms with Crippen LogP contribution in [0.4, 0.5) is 5.69 Å². The fraction of sp³-hybridized carbons (Fsp3) is 0.310. The van der Waals surface area contributed by atoms with E-state index in [-0.39, 0.29) is 28.1 Å². The van der Waals surface area contributed by atoms with E-state index >= 15 is 0 Å². The number of ether oxygens (including phenoxy) is 1. The van der Waals surface area contributed by atoms with Gasteiger partial charge >= 0.3 is 0 Å². The topological polar surface area (TPSA) is 96.0 Å². The molecule has 0 aliphatic carbocycles. The zero-order chi connectivity index (χ0) is 30.3. The first-order valence-electron chi connectivity index (χ1n) is 12.8. The highest BCUT2D eigenvalue weighted by atomic mass is 35.5. The number of anilines is 1. The highest BCUT2D eigenvalue weighted by molar-refractivity contribution is 7.92. The molecule has 41 heavy (non-hydrogen) atoms. The largest absolute Gasteiger partial charge is 0.495 e. The normalized spacial score (nSPS) is 12.0. The van der Waals surface area contributed by atoms with Gasteiger partial charge in [-0.25, -0.2) is 8.42 Å². The van der Waals surface area contributed by atoms with E-state index in [1.54, 1.807) is 31.2 Å². The molecule has 0 bridgehead atoms. The van der Waals surface area contributed by atoms with Crippen molar-refractivity contribution in [2.75, 3.05) is 24.5 Å². The summed E-state index contributed by atoms with van der Waals surface area (Å²) in [6.07, 6.45) is 0.705. The number of nitrogens with zero attached hydrogens (tertiary/aromatic N) is 2. The van der Waals surface area contributed by atoms with Crippen molar-refractivity contribution in [1.82, 2.24) is 10.2 Å². The van der Waals surface area contributed by atoms with Crippen LogP contribution in [0.5, 0.6) is 5.75 Å². The second kappa shape index (κ2) is 14.3. The van der Waals surface area contributed by atoms with Crippen LogP contribution >= 0.6 is 34.8 Å². The molecule has 0 fully saturated rings. The van der Waals surface area contributed by atoms with E-state index in [2.05, 4.69) is 5.32 Å². The van der Waals surface area contributed by atoms with Crippen LogP contribution in [0.3, 0.4) is 0 Å². The van der Waals surface area contributed by atoms with Crippen LogP contribution in [0.25, 0.3) is 0 Å². The quantitative estimate of drug-likeness (QED) is 0.258. The number of rotatable bonds is 12. The number of aryl methyl sites for hydroxylation is 1. The van der Waals surface area contributed by atoms with Crippen molar-refractivity contribution >= 4 is 62.3 Å². The zero-order valence-corrected chi connectivity index (χ0v) is 26.2. The third-order valence-corrected chi connectivity index (χ3v) is 9.05. The molecule has 8 nitrogen and oxygen atoms in total. The predicted octanol–water partition coefficient (Wildman–Crippen LogP) is 6.10. The van der Waals surface area contributed by atoms with Gasteiger partial charge < -0.3 is 15.0 Å². The van der Waals surface area contributed by atoms with Gasteiger partial charge in [0.2, 0.25) is 11.8 Å². The molecule has 3 aromatic carbocycles. The Kier molecular flexibility index (Phi) is 11.3. The number of hydrogen-bond donors (Lipinski definition) is 1. The smallest absolute Gasteiger partial charge is 0.264 e. The van der Waals surface area contributed by atoms with Gasteiger partial charge in [0.05, 0.1) is 22.7 Å². The lowest BCUT2D eigenvalue weighted by atomic mass is 10.1. The summed E-state index contributed by atoms with van der Waals surface area (Å²) in [4.78, 5) is 28.2. The molecule has 0 spiro atoms. The maximum absolute atomic E-state index is 14.0. The Labute approximate surface area is 256 Å². The van der Waals surface area contributed by atoms with Gasteiger partial charge in [0.1, 0.15) is 18.3 Å². The van der Waals surface area contributed by atoms with Crippen LogP contribution in [0, 0.1) is 6.92 Å². The van der Waals surface area contributed by atoms with Gasteiger partial charge in [0.25, 0.3) is 10.0 Å². The lowest BCUT2D eigenvalue weighted by Gasteiger charge is -2.32. The minimum Gasteiger partial charge on any atom is -0.495 e. The number of methoxy groups -OCH3 is 1. The first-order valence-corrected chi connectivity index (χ1v) is 15.4. The Morgan fingerprint density at radius 3 is 2.24 bits per heavy atom. The van der Waals surface area contributed by atoms with Crippen LogP contribution in [0.1, 0.15) is 31.4 Å². The second-order valence-electron chi connectivity index (χ2n) is 9.37. The molecular formula is C29H32Cl3N3O5S. The van der Waals surface area contributed by atoms with E-state index in [0.29, 0.717) is 34.3 Å². The Bertz CT molecular complexity index is 1500. The molecule has 3 rings (SSSR count). The van der Waals surface area contributed by atoms with Gasteiger partial charge in [0.15, 0.2) is 0 Å². The van der Waals surface area contributed by atoms with E-state index in [1.807, 2.05) is 13.8 Å². The first kappa shape index (κ1) is 32.5. The van der Waals surface area contributed by atoms with E-state index in [9.17, 15) is 18.0 Å². The van der Waals surface area contributed by atoms with Crippen molar-refractivity contribution in [3.05, 3.63) is 86.9 Å². The van der Waals surface area contributed by atoms with Gasteiger partial charge in [-0.15, -0.1) is 0 Å². The van der Waals surface area contributed by atoms with E-state index in [1.165, 1.54) is 48.4 Å². The minimum atomic E-state index is -4.24. The number of halogens is 3. The number of carbonyl (C=O) groups is 2. The average Bonchev–Trinajstić information content (AvgIpc) is 2.93. The summed E-state index contributed by atoms with van der Waals surface area (Å²) in [7, 11) is -2.80. The Morgan fingerprint density at radius 2 is 1.66 bits per heavy atom. The van der Waals surface area contributed by atoms with E-state index in [4.69, 9.17) is 39.5 Å². The Morgan fingerprint density at radius 1 is 0.976 bits per heavy atom. The van der Waals surface area contributed by atoms with Crippen LogP contribution in [-0.2, 0) is 26.2 Å². The molecular weight excluding hydrogens is 609 g/mol. The van der Waals surface area contributed by atoms with E-state index < -0.39 is 28.5 Å². The van der Waals surface area contributed by atoms with Crippen LogP contribution in [-0.4, -0.2) is 51.4 Å². The lowest BCUT2D eigenvalue weighted by molar-refractivity contribution is -0.139. The molecule has 0 aromatic heterocycles. The molecule has 0 aliphatic rings. The molecule has 0 unspecified atom stereocenters. The first-order chi connectivity index (χ1) is 19.4. The number of benzene rings is 3. The van der Waals surface area contributed by atoms with Crippen LogP contribution < -0.4 is 14.4 Å². The van der Waals surface area contributed by atoms with Crippen LogP contribution in [0.15, 0.2) is 65.6 Å².